The van der Waals surface area contributed by atoms with Gasteiger partial charge in [-0.1, -0.05) is 28.9 Å². The SMILES string of the molecule is CSCC(C)CNCc1ccc(Br)cc1C. The molecule has 0 aromatic heterocycles. The zero-order valence-electron chi connectivity index (χ0n) is 10.2. The predicted octanol–water partition coefficient (Wildman–Crippen LogP) is 3.85. The van der Waals surface area contributed by atoms with Crippen LogP contribution in [0.5, 0.6) is 0 Å². The van der Waals surface area contributed by atoms with Crippen LogP contribution in [0.1, 0.15) is 18.1 Å². The van der Waals surface area contributed by atoms with Crippen LogP contribution in [0.4, 0.5) is 0 Å². The second kappa shape index (κ2) is 7.36. The molecule has 1 rings (SSSR count). The van der Waals surface area contributed by atoms with Crippen LogP contribution >= 0.6 is 27.7 Å². The Bertz CT molecular complexity index is 328. The minimum Gasteiger partial charge on any atom is -0.312 e. The van der Waals surface area contributed by atoms with Gasteiger partial charge in [-0.2, -0.15) is 11.8 Å². The number of benzene rings is 1. The first-order chi connectivity index (χ1) is 7.63. The van der Waals surface area contributed by atoms with Gasteiger partial charge in [-0.3, -0.25) is 0 Å². The van der Waals surface area contributed by atoms with Gasteiger partial charge in [0.2, 0.25) is 0 Å². The predicted molar refractivity (Wildman–Crippen MR) is 78.1 cm³/mol. The summed E-state index contributed by atoms with van der Waals surface area (Å²) in [6, 6.07) is 6.46. The summed E-state index contributed by atoms with van der Waals surface area (Å²) in [4.78, 5) is 0. The van der Waals surface area contributed by atoms with Crippen molar-refractivity contribution >= 4 is 27.7 Å². The van der Waals surface area contributed by atoms with E-state index in [0.717, 1.165) is 23.5 Å². The van der Waals surface area contributed by atoms with Gasteiger partial charge in [0.05, 0.1) is 0 Å². The number of aryl methyl sites for hydroxylation is 1. The van der Waals surface area contributed by atoms with E-state index < -0.39 is 0 Å². The van der Waals surface area contributed by atoms with Crippen molar-refractivity contribution in [2.75, 3.05) is 18.6 Å². The van der Waals surface area contributed by atoms with E-state index in [4.69, 9.17) is 0 Å². The van der Waals surface area contributed by atoms with Gasteiger partial charge in [-0.25, -0.2) is 0 Å². The number of hydrogen-bond donors (Lipinski definition) is 1. The fraction of sp³-hybridized carbons (Fsp3) is 0.538. The Morgan fingerprint density at radius 2 is 2.19 bits per heavy atom. The molecule has 0 aliphatic heterocycles. The smallest absolute Gasteiger partial charge is 0.0208 e. The van der Waals surface area contributed by atoms with Gasteiger partial charge in [0.25, 0.3) is 0 Å². The minimum atomic E-state index is 0.741. The Hall–Kier alpha value is 0.01000. The highest BCUT2D eigenvalue weighted by atomic mass is 79.9. The topological polar surface area (TPSA) is 12.0 Å². The summed E-state index contributed by atoms with van der Waals surface area (Å²) >= 11 is 5.40. The van der Waals surface area contributed by atoms with Crippen LogP contribution in [0.25, 0.3) is 0 Å². The maximum Gasteiger partial charge on any atom is 0.0208 e. The van der Waals surface area contributed by atoms with Gasteiger partial charge in [-0.05, 0) is 54.7 Å². The second-order valence-electron chi connectivity index (χ2n) is 4.26. The van der Waals surface area contributed by atoms with Crippen LogP contribution in [0.2, 0.25) is 0 Å². The zero-order valence-corrected chi connectivity index (χ0v) is 12.6. The summed E-state index contributed by atoms with van der Waals surface area (Å²) in [5.41, 5.74) is 2.74. The van der Waals surface area contributed by atoms with Crippen LogP contribution in [-0.4, -0.2) is 18.6 Å². The molecule has 1 unspecified atom stereocenters. The van der Waals surface area contributed by atoms with Crippen molar-refractivity contribution in [1.82, 2.24) is 5.32 Å². The fourth-order valence-corrected chi connectivity index (χ4v) is 2.82. The highest BCUT2D eigenvalue weighted by Gasteiger charge is 2.02. The molecule has 1 N–H and O–H groups in total. The molecule has 0 fully saturated rings. The summed E-state index contributed by atoms with van der Waals surface area (Å²) in [6.45, 7) is 6.51. The number of hydrogen-bond acceptors (Lipinski definition) is 2. The van der Waals surface area contributed by atoms with Crippen molar-refractivity contribution in [2.24, 2.45) is 5.92 Å². The molecule has 16 heavy (non-hydrogen) atoms. The molecule has 0 radical (unpaired) electrons. The maximum atomic E-state index is 3.52. The van der Waals surface area contributed by atoms with Crippen LogP contribution in [-0.2, 0) is 6.54 Å². The first-order valence-electron chi connectivity index (χ1n) is 5.58. The number of halogens is 1. The third kappa shape index (κ3) is 4.89. The number of nitrogens with one attached hydrogen (secondary N) is 1. The Morgan fingerprint density at radius 3 is 2.81 bits per heavy atom. The van der Waals surface area contributed by atoms with E-state index in [2.05, 4.69) is 59.5 Å². The molecule has 1 nitrogen and oxygen atoms in total. The van der Waals surface area contributed by atoms with E-state index in [1.54, 1.807) is 0 Å². The minimum absolute atomic E-state index is 0.741. The van der Waals surface area contributed by atoms with Crippen molar-refractivity contribution in [3.05, 3.63) is 33.8 Å². The highest BCUT2D eigenvalue weighted by molar-refractivity contribution is 9.10. The van der Waals surface area contributed by atoms with Gasteiger partial charge in [0.1, 0.15) is 0 Å². The second-order valence-corrected chi connectivity index (χ2v) is 6.09. The monoisotopic (exact) mass is 301 g/mol. The van der Waals surface area contributed by atoms with Crippen molar-refractivity contribution in [2.45, 2.75) is 20.4 Å². The molecule has 1 atom stereocenters. The summed E-state index contributed by atoms with van der Waals surface area (Å²) < 4.78 is 1.16. The third-order valence-electron chi connectivity index (χ3n) is 2.56. The first kappa shape index (κ1) is 14.1. The molecule has 0 saturated carbocycles. The molecule has 0 aliphatic carbocycles. The molecule has 0 aliphatic rings. The summed E-state index contributed by atoms with van der Waals surface area (Å²) in [5.74, 6) is 1.97. The van der Waals surface area contributed by atoms with Gasteiger partial charge < -0.3 is 5.32 Å². The summed E-state index contributed by atoms with van der Waals surface area (Å²) in [5, 5.41) is 3.52. The summed E-state index contributed by atoms with van der Waals surface area (Å²) in [7, 11) is 0. The number of thioether (sulfide) groups is 1. The molecule has 0 saturated heterocycles. The van der Waals surface area contributed by atoms with E-state index in [1.807, 2.05) is 11.8 Å². The van der Waals surface area contributed by atoms with Gasteiger partial charge in [0, 0.05) is 11.0 Å². The quantitative estimate of drug-likeness (QED) is 0.856. The highest BCUT2D eigenvalue weighted by Crippen LogP contribution is 2.15. The molecule has 1 aromatic rings. The van der Waals surface area contributed by atoms with E-state index >= 15 is 0 Å². The fourth-order valence-electron chi connectivity index (χ4n) is 1.65. The van der Waals surface area contributed by atoms with E-state index in [1.165, 1.54) is 16.9 Å². The van der Waals surface area contributed by atoms with Crippen molar-refractivity contribution in [1.29, 1.82) is 0 Å². The normalized spacial score (nSPS) is 12.8. The standard InChI is InChI=1S/C13H20BrNS/c1-10(9-16-3)7-15-8-12-4-5-13(14)6-11(12)2/h4-6,10,15H,7-9H2,1-3H3. The molecule has 0 heterocycles. The lowest BCUT2D eigenvalue weighted by atomic mass is 10.1. The Labute approximate surface area is 112 Å². The molecular weight excluding hydrogens is 282 g/mol. The van der Waals surface area contributed by atoms with Crippen molar-refractivity contribution in [3.8, 4) is 0 Å². The van der Waals surface area contributed by atoms with Crippen LogP contribution in [0.15, 0.2) is 22.7 Å². The van der Waals surface area contributed by atoms with Gasteiger partial charge in [0.15, 0.2) is 0 Å². The average Bonchev–Trinajstić information content (AvgIpc) is 2.22. The van der Waals surface area contributed by atoms with Gasteiger partial charge >= 0.3 is 0 Å². The largest absolute Gasteiger partial charge is 0.312 e. The lowest BCUT2D eigenvalue weighted by Gasteiger charge is -2.12. The Kier molecular flexibility index (Phi) is 6.47. The van der Waals surface area contributed by atoms with Crippen molar-refractivity contribution in [3.63, 3.8) is 0 Å². The van der Waals surface area contributed by atoms with E-state index in [-0.39, 0.29) is 0 Å². The molecule has 0 spiro atoms. The molecular formula is C13H20BrNS. The first-order valence-corrected chi connectivity index (χ1v) is 7.77. The number of rotatable bonds is 6. The van der Waals surface area contributed by atoms with E-state index in [0.29, 0.717) is 0 Å². The lowest BCUT2D eigenvalue weighted by molar-refractivity contribution is 0.558. The van der Waals surface area contributed by atoms with Gasteiger partial charge in [-0.15, -0.1) is 0 Å². The average molecular weight is 302 g/mol. The zero-order chi connectivity index (χ0) is 12.0. The van der Waals surface area contributed by atoms with Crippen molar-refractivity contribution < 1.29 is 0 Å². The molecule has 0 bridgehead atoms. The van der Waals surface area contributed by atoms with Crippen LogP contribution < -0.4 is 5.32 Å². The lowest BCUT2D eigenvalue weighted by Crippen LogP contribution is -2.22. The van der Waals surface area contributed by atoms with Crippen LogP contribution in [0.3, 0.4) is 0 Å². The third-order valence-corrected chi connectivity index (χ3v) is 3.96. The Balaban J connectivity index is 2.37. The molecule has 1 aromatic carbocycles. The summed E-state index contributed by atoms with van der Waals surface area (Å²) in [6.07, 6.45) is 2.16. The molecule has 3 heteroatoms. The Morgan fingerprint density at radius 1 is 1.44 bits per heavy atom. The maximum absolute atomic E-state index is 3.52. The van der Waals surface area contributed by atoms with E-state index in [9.17, 15) is 0 Å². The molecule has 90 valence electrons. The van der Waals surface area contributed by atoms with Crippen LogP contribution in [0, 0.1) is 12.8 Å². The molecule has 0 amide bonds.